The minimum absolute atomic E-state index is 0.122. The summed E-state index contributed by atoms with van der Waals surface area (Å²) in [6, 6.07) is 23.0. The smallest absolute Gasteiger partial charge is 0.321 e. The highest BCUT2D eigenvalue weighted by Gasteiger charge is 2.19. The normalized spacial score (nSPS) is 12.5. The van der Waals surface area contributed by atoms with Gasteiger partial charge in [-0.1, -0.05) is 36.4 Å². The Hall–Kier alpha value is -2.67. The van der Waals surface area contributed by atoms with Crippen molar-refractivity contribution in [2.24, 2.45) is 0 Å². The van der Waals surface area contributed by atoms with Crippen LogP contribution in [0.3, 0.4) is 0 Å². The van der Waals surface area contributed by atoms with Crippen molar-refractivity contribution in [2.75, 3.05) is 0 Å². The van der Waals surface area contributed by atoms with Crippen molar-refractivity contribution >= 4 is 38.7 Å². The molecule has 4 aromatic carbocycles. The molecule has 0 saturated heterocycles. The van der Waals surface area contributed by atoms with Gasteiger partial charge < -0.3 is 29.4 Å². The van der Waals surface area contributed by atoms with Gasteiger partial charge >= 0.3 is 22.8 Å². The standard InChI is InChI=1S/C24H21O9P3/c25-34(26,27)22-7-1-16(2-8-22)19-13-20(17-3-9-23(10-4-17)35(28,29)30)15-21(14-19)18-5-11-24(12-6-18)36(31,32)33/h1-15H,(H2,25,26,27)(H2,28,29,30)(H2,31,32,33). The second-order valence-electron chi connectivity index (χ2n) is 8.07. The van der Waals surface area contributed by atoms with Crippen molar-refractivity contribution in [3.8, 4) is 33.4 Å². The van der Waals surface area contributed by atoms with Crippen LogP contribution in [0.4, 0.5) is 0 Å². The van der Waals surface area contributed by atoms with Gasteiger partial charge in [0, 0.05) is 0 Å². The molecule has 9 nitrogen and oxygen atoms in total. The van der Waals surface area contributed by atoms with E-state index in [0.29, 0.717) is 33.4 Å². The highest BCUT2D eigenvalue weighted by molar-refractivity contribution is 7.60. The zero-order valence-corrected chi connectivity index (χ0v) is 21.1. The fourth-order valence-electron chi connectivity index (χ4n) is 3.67. The fourth-order valence-corrected chi connectivity index (χ4v) is 5.28. The van der Waals surface area contributed by atoms with Crippen LogP contribution in [-0.4, -0.2) is 29.4 Å². The van der Waals surface area contributed by atoms with Crippen molar-refractivity contribution in [1.82, 2.24) is 0 Å². The molecular weight excluding hydrogens is 525 g/mol. The van der Waals surface area contributed by atoms with Gasteiger partial charge in [-0.05, 0) is 88.0 Å². The first-order chi connectivity index (χ1) is 16.7. The van der Waals surface area contributed by atoms with Crippen molar-refractivity contribution in [3.05, 3.63) is 91.0 Å². The number of rotatable bonds is 6. The van der Waals surface area contributed by atoms with Gasteiger partial charge in [0.25, 0.3) is 0 Å². The van der Waals surface area contributed by atoms with Crippen LogP contribution in [-0.2, 0) is 13.7 Å². The summed E-state index contributed by atoms with van der Waals surface area (Å²) in [6.07, 6.45) is 0. The molecule has 0 aromatic heterocycles. The van der Waals surface area contributed by atoms with Crippen LogP contribution in [0.1, 0.15) is 0 Å². The quantitative estimate of drug-likeness (QED) is 0.199. The van der Waals surface area contributed by atoms with Crippen LogP contribution in [0.2, 0.25) is 0 Å². The summed E-state index contributed by atoms with van der Waals surface area (Å²) in [5.74, 6) is 0. The third-order valence-corrected chi connectivity index (χ3v) is 8.46. The first-order valence-electron chi connectivity index (χ1n) is 10.4. The molecular formula is C24H21O9P3. The summed E-state index contributed by atoms with van der Waals surface area (Å²) < 4.78 is 34.6. The Balaban J connectivity index is 1.85. The van der Waals surface area contributed by atoms with Crippen molar-refractivity contribution in [1.29, 1.82) is 0 Å². The predicted octanol–water partition coefficient (Wildman–Crippen LogP) is 3.10. The zero-order chi connectivity index (χ0) is 26.3. The van der Waals surface area contributed by atoms with E-state index in [1.54, 1.807) is 36.4 Å². The van der Waals surface area contributed by atoms with Crippen LogP contribution >= 0.6 is 22.8 Å². The van der Waals surface area contributed by atoms with E-state index >= 15 is 0 Å². The van der Waals surface area contributed by atoms with Crippen LogP contribution in [0.15, 0.2) is 91.0 Å². The van der Waals surface area contributed by atoms with E-state index in [9.17, 15) is 43.1 Å². The molecule has 0 bridgehead atoms. The molecule has 0 unspecified atom stereocenters. The van der Waals surface area contributed by atoms with Crippen LogP contribution in [0, 0.1) is 0 Å². The van der Waals surface area contributed by atoms with E-state index in [1.165, 1.54) is 36.4 Å². The molecule has 6 N–H and O–H groups in total. The topological polar surface area (TPSA) is 173 Å². The Morgan fingerprint density at radius 3 is 0.694 bits per heavy atom. The van der Waals surface area contributed by atoms with E-state index in [1.807, 2.05) is 18.2 Å². The molecule has 0 atom stereocenters. The lowest BCUT2D eigenvalue weighted by Gasteiger charge is -2.13. The lowest BCUT2D eigenvalue weighted by molar-refractivity contribution is 0.385. The Labute approximate surface area is 206 Å². The number of benzene rings is 4. The lowest BCUT2D eigenvalue weighted by Crippen LogP contribution is -2.03. The van der Waals surface area contributed by atoms with Gasteiger partial charge in [-0.15, -0.1) is 0 Å². The van der Waals surface area contributed by atoms with Crippen LogP contribution in [0.25, 0.3) is 33.4 Å². The van der Waals surface area contributed by atoms with Gasteiger partial charge in [0.1, 0.15) is 0 Å². The molecule has 4 rings (SSSR count). The van der Waals surface area contributed by atoms with Crippen molar-refractivity contribution in [2.45, 2.75) is 0 Å². The van der Waals surface area contributed by atoms with Gasteiger partial charge in [0.15, 0.2) is 0 Å². The molecule has 36 heavy (non-hydrogen) atoms. The molecule has 0 saturated carbocycles. The molecule has 0 fully saturated rings. The van der Waals surface area contributed by atoms with E-state index in [0.717, 1.165) is 0 Å². The van der Waals surface area contributed by atoms with Crippen molar-refractivity contribution in [3.63, 3.8) is 0 Å². The maximum absolute atomic E-state index is 11.5. The molecule has 0 heterocycles. The molecule has 0 spiro atoms. The van der Waals surface area contributed by atoms with Gasteiger partial charge in [0.05, 0.1) is 15.9 Å². The first kappa shape index (κ1) is 26.4. The lowest BCUT2D eigenvalue weighted by atomic mass is 9.93. The largest absolute Gasteiger partial charge is 0.356 e. The maximum atomic E-state index is 11.5. The average molecular weight is 546 g/mol. The van der Waals surface area contributed by atoms with E-state index in [4.69, 9.17) is 0 Å². The summed E-state index contributed by atoms with van der Waals surface area (Å²) in [5, 5.41) is -0.365. The molecule has 4 aromatic rings. The minimum Gasteiger partial charge on any atom is -0.321 e. The van der Waals surface area contributed by atoms with Gasteiger partial charge in [-0.25, -0.2) is 0 Å². The minimum atomic E-state index is -4.41. The van der Waals surface area contributed by atoms with Gasteiger partial charge in [-0.3, -0.25) is 13.7 Å². The number of hydrogen-bond donors (Lipinski definition) is 6. The third-order valence-electron chi connectivity index (χ3n) is 5.54. The Kier molecular flexibility index (Phi) is 7.08. The second kappa shape index (κ2) is 9.66. The van der Waals surface area contributed by atoms with Gasteiger partial charge in [0.2, 0.25) is 0 Å². The second-order valence-corrected chi connectivity index (χ2v) is 12.9. The molecule has 0 aliphatic heterocycles. The van der Waals surface area contributed by atoms with E-state index in [2.05, 4.69) is 0 Å². The van der Waals surface area contributed by atoms with Crippen LogP contribution < -0.4 is 15.9 Å². The van der Waals surface area contributed by atoms with E-state index < -0.39 is 22.8 Å². The Morgan fingerprint density at radius 2 is 0.528 bits per heavy atom. The first-order valence-corrected chi connectivity index (χ1v) is 15.2. The average Bonchev–Trinajstić information content (AvgIpc) is 2.82. The summed E-state index contributed by atoms with van der Waals surface area (Å²) in [4.78, 5) is 56.4. The molecule has 0 aliphatic carbocycles. The summed E-state index contributed by atoms with van der Waals surface area (Å²) in [5.41, 5.74) is 4.06. The molecule has 12 heteroatoms. The summed E-state index contributed by atoms with van der Waals surface area (Å²) in [7, 11) is -13.2. The van der Waals surface area contributed by atoms with E-state index in [-0.39, 0.29) is 15.9 Å². The highest BCUT2D eigenvalue weighted by atomic mass is 31.2. The van der Waals surface area contributed by atoms with Crippen molar-refractivity contribution < 1.29 is 43.1 Å². The summed E-state index contributed by atoms with van der Waals surface area (Å²) in [6.45, 7) is 0. The Morgan fingerprint density at radius 1 is 0.333 bits per heavy atom. The Bertz CT molecular complexity index is 1350. The highest BCUT2D eigenvalue weighted by Crippen LogP contribution is 2.38. The molecule has 186 valence electrons. The molecule has 0 radical (unpaired) electrons. The van der Waals surface area contributed by atoms with Crippen LogP contribution in [0.5, 0.6) is 0 Å². The van der Waals surface area contributed by atoms with Gasteiger partial charge in [-0.2, -0.15) is 0 Å². The SMILES string of the molecule is O=P(O)(O)c1ccc(-c2cc(-c3ccc(P(=O)(O)O)cc3)cc(-c3ccc(P(=O)(O)O)cc3)c2)cc1. The fraction of sp³-hybridized carbons (Fsp3) is 0. The third kappa shape index (κ3) is 6.00. The molecule has 0 amide bonds. The maximum Gasteiger partial charge on any atom is 0.356 e. The summed E-state index contributed by atoms with van der Waals surface area (Å²) >= 11 is 0. The predicted molar refractivity (Wildman–Crippen MR) is 138 cm³/mol. The monoisotopic (exact) mass is 546 g/mol. The number of hydrogen-bond acceptors (Lipinski definition) is 3. The molecule has 0 aliphatic rings. The zero-order valence-electron chi connectivity index (χ0n) is 18.4.